The monoisotopic (exact) mass is 227 g/mol. The van der Waals surface area contributed by atoms with Gasteiger partial charge in [0.1, 0.15) is 5.75 Å². The Labute approximate surface area is 97.2 Å². The quantitative estimate of drug-likeness (QED) is 0.786. The smallest absolute Gasteiger partial charge is 0.121 e. The summed E-state index contributed by atoms with van der Waals surface area (Å²) in [7, 11) is 0. The van der Waals surface area contributed by atoms with E-state index in [2.05, 4.69) is 0 Å². The number of nitrogens with two attached hydrogens (primary N) is 1. The third-order valence-corrected chi connectivity index (χ3v) is 2.71. The van der Waals surface area contributed by atoms with Crippen LogP contribution in [-0.4, -0.2) is 6.10 Å². The molecule has 1 aromatic rings. The predicted molar refractivity (Wildman–Crippen MR) is 65.6 cm³/mol. The van der Waals surface area contributed by atoms with E-state index < -0.39 is 0 Å². The first-order valence-electron chi connectivity index (χ1n) is 5.37. The number of nitrogen functional groups attached to an aromatic ring is 1. The minimum absolute atomic E-state index is 0. The molecule has 0 aromatic heterocycles. The summed E-state index contributed by atoms with van der Waals surface area (Å²) >= 11 is 0. The lowest BCUT2D eigenvalue weighted by atomic mass is 9.98. The number of halogens is 1. The Morgan fingerprint density at radius 1 is 1.13 bits per heavy atom. The maximum absolute atomic E-state index is 5.86. The van der Waals surface area contributed by atoms with Crippen molar-refractivity contribution in [3.8, 4) is 5.75 Å². The summed E-state index contributed by atoms with van der Waals surface area (Å²) in [4.78, 5) is 0. The largest absolute Gasteiger partial charge is 0.490 e. The predicted octanol–water partition coefficient (Wildman–Crippen LogP) is 3.40. The molecule has 0 radical (unpaired) electrons. The molecule has 0 aliphatic heterocycles. The fourth-order valence-corrected chi connectivity index (χ4v) is 1.96. The summed E-state index contributed by atoms with van der Waals surface area (Å²) < 4.78 is 5.86. The number of hydrogen-bond donors (Lipinski definition) is 1. The Balaban J connectivity index is 0.00000112. The van der Waals surface area contributed by atoms with Gasteiger partial charge in [-0.2, -0.15) is 0 Å². The summed E-state index contributed by atoms with van der Waals surface area (Å²) in [5, 5.41) is 0. The summed E-state index contributed by atoms with van der Waals surface area (Å²) in [5.41, 5.74) is 6.46. The average Bonchev–Trinajstić information content (AvgIpc) is 2.19. The molecule has 2 nitrogen and oxygen atoms in total. The molecule has 2 N–H and O–H groups in total. The lowest BCUT2D eigenvalue weighted by Gasteiger charge is -2.23. The number of rotatable bonds is 2. The molecular formula is C12H18ClNO. The Morgan fingerprint density at radius 2 is 1.87 bits per heavy atom. The number of benzene rings is 1. The van der Waals surface area contributed by atoms with E-state index in [0.717, 1.165) is 11.4 Å². The van der Waals surface area contributed by atoms with Crippen LogP contribution in [-0.2, 0) is 0 Å². The van der Waals surface area contributed by atoms with Crippen LogP contribution in [0.3, 0.4) is 0 Å². The van der Waals surface area contributed by atoms with Gasteiger partial charge in [-0.3, -0.25) is 0 Å². The second kappa shape index (κ2) is 5.86. The van der Waals surface area contributed by atoms with Gasteiger partial charge < -0.3 is 10.5 Å². The van der Waals surface area contributed by atoms with Crippen molar-refractivity contribution in [2.24, 2.45) is 0 Å². The van der Waals surface area contributed by atoms with Crippen molar-refractivity contribution in [1.82, 2.24) is 0 Å². The molecule has 0 amide bonds. The molecule has 15 heavy (non-hydrogen) atoms. The lowest BCUT2D eigenvalue weighted by Crippen LogP contribution is -2.19. The van der Waals surface area contributed by atoms with Crippen LogP contribution in [0.2, 0.25) is 0 Å². The first-order valence-corrected chi connectivity index (χ1v) is 5.37. The van der Waals surface area contributed by atoms with Crippen molar-refractivity contribution in [3.63, 3.8) is 0 Å². The van der Waals surface area contributed by atoms with Gasteiger partial charge in [0.15, 0.2) is 0 Å². The van der Waals surface area contributed by atoms with Crippen molar-refractivity contribution >= 4 is 18.1 Å². The molecule has 84 valence electrons. The van der Waals surface area contributed by atoms with Gasteiger partial charge in [0.25, 0.3) is 0 Å². The SMILES string of the molecule is Cl.Nc1cccc(OC2CCCCC2)c1. The van der Waals surface area contributed by atoms with Crippen LogP contribution < -0.4 is 10.5 Å². The minimum atomic E-state index is 0. The van der Waals surface area contributed by atoms with Crippen LogP contribution in [0, 0.1) is 0 Å². The van der Waals surface area contributed by atoms with Gasteiger partial charge in [-0.1, -0.05) is 12.5 Å². The molecule has 3 heteroatoms. The fourth-order valence-electron chi connectivity index (χ4n) is 1.96. The summed E-state index contributed by atoms with van der Waals surface area (Å²) in [6.07, 6.45) is 6.74. The zero-order chi connectivity index (χ0) is 9.80. The van der Waals surface area contributed by atoms with Crippen LogP contribution in [0.1, 0.15) is 32.1 Å². The zero-order valence-electron chi connectivity index (χ0n) is 8.82. The van der Waals surface area contributed by atoms with Crippen LogP contribution in [0.15, 0.2) is 24.3 Å². The van der Waals surface area contributed by atoms with E-state index in [1.807, 2.05) is 24.3 Å². The van der Waals surface area contributed by atoms with Gasteiger partial charge in [-0.25, -0.2) is 0 Å². The zero-order valence-corrected chi connectivity index (χ0v) is 9.63. The third-order valence-electron chi connectivity index (χ3n) is 2.71. The van der Waals surface area contributed by atoms with E-state index in [9.17, 15) is 0 Å². The van der Waals surface area contributed by atoms with Gasteiger partial charge in [0.05, 0.1) is 6.10 Å². The molecule has 2 rings (SSSR count). The van der Waals surface area contributed by atoms with Crippen molar-refractivity contribution < 1.29 is 4.74 Å². The third kappa shape index (κ3) is 3.63. The molecule has 1 saturated carbocycles. The molecule has 0 heterocycles. The normalized spacial score (nSPS) is 16.8. The number of anilines is 1. The Kier molecular flexibility index (Phi) is 4.76. The van der Waals surface area contributed by atoms with E-state index in [0.29, 0.717) is 6.10 Å². The Bertz CT molecular complexity index is 297. The van der Waals surface area contributed by atoms with E-state index >= 15 is 0 Å². The molecule has 1 fully saturated rings. The van der Waals surface area contributed by atoms with Crippen LogP contribution >= 0.6 is 12.4 Å². The average molecular weight is 228 g/mol. The van der Waals surface area contributed by atoms with Crippen LogP contribution in [0.4, 0.5) is 5.69 Å². The summed E-state index contributed by atoms with van der Waals surface area (Å²) in [6, 6.07) is 7.70. The maximum Gasteiger partial charge on any atom is 0.121 e. The molecular weight excluding hydrogens is 210 g/mol. The van der Waals surface area contributed by atoms with E-state index in [-0.39, 0.29) is 12.4 Å². The van der Waals surface area contributed by atoms with Gasteiger partial charge >= 0.3 is 0 Å². The lowest BCUT2D eigenvalue weighted by molar-refractivity contribution is 0.155. The van der Waals surface area contributed by atoms with E-state index in [1.54, 1.807) is 0 Å². The van der Waals surface area contributed by atoms with Crippen LogP contribution in [0.5, 0.6) is 5.75 Å². The van der Waals surface area contributed by atoms with Crippen molar-refractivity contribution in [3.05, 3.63) is 24.3 Å². The molecule has 0 unspecified atom stereocenters. The van der Waals surface area contributed by atoms with Gasteiger partial charge in [0.2, 0.25) is 0 Å². The molecule has 0 atom stereocenters. The van der Waals surface area contributed by atoms with Crippen molar-refractivity contribution in [2.75, 3.05) is 5.73 Å². The molecule has 0 bridgehead atoms. The van der Waals surface area contributed by atoms with Gasteiger partial charge in [-0.05, 0) is 37.8 Å². The summed E-state index contributed by atoms with van der Waals surface area (Å²) in [6.45, 7) is 0. The molecule has 1 aliphatic carbocycles. The second-order valence-electron chi connectivity index (χ2n) is 3.95. The second-order valence-corrected chi connectivity index (χ2v) is 3.95. The first-order chi connectivity index (χ1) is 6.84. The highest BCUT2D eigenvalue weighted by molar-refractivity contribution is 5.85. The Morgan fingerprint density at radius 3 is 2.53 bits per heavy atom. The van der Waals surface area contributed by atoms with Gasteiger partial charge in [-0.15, -0.1) is 12.4 Å². The highest BCUT2D eigenvalue weighted by Crippen LogP contribution is 2.24. The molecule has 1 aromatic carbocycles. The molecule has 0 saturated heterocycles. The number of ether oxygens (including phenoxy) is 1. The maximum atomic E-state index is 5.86. The van der Waals surface area contributed by atoms with Crippen LogP contribution in [0.25, 0.3) is 0 Å². The van der Waals surface area contributed by atoms with E-state index in [1.165, 1.54) is 32.1 Å². The van der Waals surface area contributed by atoms with Crippen molar-refractivity contribution in [1.29, 1.82) is 0 Å². The minimum Gasteiger partial charge on any atom is -0.490 e. The Hall–Kier alpha value is -0.890. The standard InChI is InChI=1S/C12H17NO.ClH/c13-10-5-4-8-12(9-10)14-11-6-2-1-3-7-11;/h4-5,8-9,11H,1-3,6-7,13H2;1H. The molecule has 0 spiro atoms. The number of hydrogen-bond acceptors (Lipinski definition) is 2. The van der Waals surface area contributed by atoms with Gasteiger partial charge in [0, 0.05) is 11.8 Å². The molecule has 1 aliphatic rings. The van der Waals surface area contributed by atoms with E-state index in [4.69, 9.17) is 10.5 Å². The summed E-state index contributed by atoms with van der Waals surface area (Å²) in [5.74, 6) is 0.914. The first kappa shape index (κ1) is 12.2. The fraction of sp³-hybridized carbons (Fsp3) is 0.500. The topological polar surface area (TPSA) is 35.2 Å². The highest BCUT2D eigenvalue weighted by atomic mass is 35.5. The van der Waals surface area contributed by atoms with Crippen molar-refractivity contribution in [2.45, 2.75) is 38.2 Å². The highest BCUT2D eigenvalue weighted by Gasteiger charge is 2.14.